The van der Waals surface area contributed by atoms with Crippen molar-refractivity contribution in [2.24, 2.45) is 0 Å². The summed E-state index contributed by atoms with van der Waals surface area (Å²) in [5.41, 5.74) is 4.68. The number of nitrogens with zero attached hydrogens (tertiary/aromatic N) is 4. The van der Waals surface area contributed by atoms with Crippen LogP contribution in [-0.2, 0) is 13.0 Å². The van der Waals surface area contributed by atoms with Crippen LogP contribution < -0.4 is 15.5 Å². The van der Waals surface area contributed by atoms with Gasteiger partial charge in [0.15, 0.2) is 0 Å². The summed E-state index contributed by atoms with van der Waals surface area (Å²) in [6.45, 7) is 6.83. The summed E-state index contributed by atoms with van der Waals surface area (Å²) >= 11 is 0. The zero-order valence-electron chi connectivity index (χ0n) is 18.2. The molecule has 3 aromatic rings. The van der Waals surface area contributed by atoms with Crippen LogP contribution in [0.3, 0.4) is 0 Å². The van der Waals surface area contributed by atoms with Crippen molar-refractivity contribution in [3.05, 3.63) is 65.1 Å². The van der Waals surface area contributed by atoms with E-state index in [1.807, 2.05) is 37.4 Å². The highest BCUT2D eigenvalue weighted by Crippen LogP contribution is 2.24. The van der Waals surface area contributed by atoms with E-state index in [-0.39, 0.29) is 0 Å². The van der Waals surface area contributed by atoms with E-state index >= 15 is 0 Å². The molecule has 1 fully saturated rings. The highest BCUT2D eigenvalue weighted by atomic mass is 15.3. The number of anilines is 3. The normalized spacial score (nSPS) is 15.8. The summed E-state index contributed by atoms with van der Waals surface area (Å²) < 4.78 is 0. The number of aryl methyl sites for hydroxylation is 2. The van der Waals surface area contributed by atoms with Crippen molar-refractivity contribution < 1.29 is 0 Å². The fourth-order valence-electron chi connectivity index (χ4n) is 3.90. The second-order valence-corrected chi connectivity index (χ2v) is 8.07. The lowest BCUT2D eigenvalue weighted by atomic mass is 10.1. The number of hydrogen-bond acceptors (Lipinski definition) is 6. The first kappa shape index (κ1) is 20.9. The number of H-pyrrole nitrogens is 1. The maximum absolute atomic E-state index is 9.32. The van der Waals surface area contributed by atoms with Crippen LogP contribution in [0.4, 0.5) is 17.5 Å². The summed E-state index contributed by atoms with van der Waals surface area (Å²) in [6, 6.07) is 14.7. The molecule has 2 aromatic heterocycles. The maximum atomic E-state index is 9.32. The average Bonchev–Trinajstić information content (AvgIpc) is 3.46. The Morgan fingerprint density at radius 3 is 2.94 bits per heavy atom. The molecule has 1 saturated heterocycles. The lowest BCUT2D eigenvalue weighted by molar-refractivity contribution is 0.546. The fourth-order valence-corrected chi connectivity index (χ4v) is 3.90. The highest BCUT2D eigenvalue weighted by molar-refractivity contribution is 5.59. The number of aromatic nitrogens is 3. The molecule has 1 atom stereocenters. The molecule has 0 bridgehead atoms. The first-order chi connectivity index (χ1) is 15.1. The SMILES string of the molecule is CCCc1cc(N2CCC(NCc3ccc[nH]3)C2)nc(Nc2ccc(C)c(C#N)c2)n1. The monoisotopic (exact) mass is 415 g/mol. The van der Waals surface area contributed by atoms with Crippen LogP contribution in [-0.4, -0.2) is 34.1 Å². The van der Waals surface area contributed by atoms with Gasteiger partial charge in [0.2, 0.25) is 5.95 Å². The van der Waals surface area contributed by atoms with E-state index in [1.165, 1.54) is 5.69 Å². The van der Waals surface area contributed by atoms with Crippen LogP contribution in [0.15, 0.2) is 42.6 Å². The zero-order chi connectivity index (χ0) is 21.6. The van der Waals surface area contributed by atoms with Crippen LogP contribution >= 0.6 is 0 Å². The number of nitrogens with one attached hydrogen (secondary N) is 3. The second-order valence-electron chi connectivity index (χ2n) is 8.07. The van der Waals surface area contributed by atoms with Gasteiger partial charge in [-0.15, -0.1) is 0 Å². The Bertz CT molecular complexity index is 1050. The van der Waals surface area contributed by atoms with Crippen molar-refractivity contribution in [1.82, 2.24) is 20.3 Å². The minimum Gasteiger partial charge on any atom is -0.364 e. The Morgan fingerprint density at radius 1 is 1.26 bits per heavy atom. The molecule has 31 heavy (non-hydrogen) atoms. The number of rotatable bonds is 8. The van der Waals surface area contributed by atoms with Crippen LogP contribution in [0.25, 0.3) is 0 Å². The van der Waals surface area contributed by atoms with Crippen molar-refractivity contribution in [3.8, 4) is 6.07 Å². The van der Waals surface area contributed by atoms with Gasteiger partial charge in [-0.25, -0.2) is 4.98 Å². The number of aromatic amines is 1. The van der Waals surface area contributed by atoms with Crippen LogP contribution in [0, 0.1) is 18.3 Å². The summed E-state index contributed by atoms with van der Waals surface area (Å²) in [7, 11) is 0. The molecular formula is C24H29N7. The molecule has 7 nitrogen and oxygen atoms in total. The maximum Gasteiger partial charge on any atom is 0.229 e. The molecule has 160 valence electrons. The molecule has 1 unspecified atom stereocenters. The molecule has 0 spiro atoms. The van der Waals surface area contributed by atoms with Gasteiger partial charge < -0.3 is 20.5 Å². The van der Waals surface area contributed by atoms with Crippen LogP contribution in [0.1, 0.15) is 42.3 Å². The van der Waals surface area contributed by atoms with E-state index in [0.29, 0.717) is 17.6 Å². The van der Waals surface area contributed by atoms with Crippen molar-refractivity contribution in [1.29, 1.82) is 5.26 Å². The van der Waals surface area contributed by atoms with Crippen molar-refractivity contribution >= 4 is 17.5 Å². The Labute approximate surface area is 183 Å². The van der Waals surface area contributed by atoms with Gasteiger partial charge in [-0.2, -0.15) is 10.2 Å². The molecule has 1 aliphatic heterocycles. The molecule has 7 heteroatoms. The smallest absolute Gasteiger partial charge is 0.229 e. The summed E-state index contributed by atoms with van der Waals surface area (Å²) in [4.78, 5) is 15.1. The Balaban J connectivity index is 1.48. The molecule has 3 heterocycles. The summed E-state index contributed by atoms with van der Waals surface area (Å²) in [6.07, 6.45) is 4.97. The standard InChI is InChI=1S/C24H29N7/c1-3-5-19-13-23(31-11-9-22(16-31)27-15-21-6-4-10-26-21)30-24(28-19)29-20-8-7-17(2)18(12-20)14-25/h4,6-8,10,12-13,22,26-27H,3,5,9,11,15-16H2,1-2H3,(H,28,29,30). The molecule has 0 aliphatic carbocycles. The van der Waals surface area contributed by atoms with E-state index in [0.717, 1.165) is 61.7 Å². The minimum atomic E-state index is 0.430. The van der Waals surface area contributed by atoms with Gasteiger partial charge >= 0.3 is 0 Å². The van der Waals surface area contributed by atoms with E-state index in [4.69, 9.17) is 9.97 Å². The van der Waals surface area contributed by atoms with Gasteiger partial charge in [0, 0.05) is 55.0 Å². The van der Waals surface area contributed by atoms with Crippen LogP contribution in [0.5, 0.6) is 0 Å². The predicted molar refractivity (Wildman–Crippen MR) is 123 cm³/mol. The second kappa shape index (κ2) is 9.63. The van der Waals surface area contributed by atoms with E-state index in [2.05, 4.69) is 45.6 Å². The van der Waals surface area contributed by atoms with Gasteiger partial charge in [-0.05, 0) is 49.6 Å². The lowest BCUT2D eigenvalue weighted by Crippen LogP contribution is -2.32. The lowest BCUT2D eigenvalue weighted by Gasteiger charge is -2.20. The van der Waals surface area contributed by atoms with Gasteiger partial charge in [0.05, 0.1) is 11.6 Å². The van der Waals surface area contributed by atoms with Crippen molar-refractivity contribution in [2.75, 3.05) is 23.3 Å². The quantitative estimate of drug-likeness (QED) is 0.514. The highest BCUT2D eigenvalue weighted by Gasteiger charge is 2.24. The van der Waals surface area contributed by atoms with Crippen molar-refractivity contribution in [3.63, 3.8) is 0 Å². The number of benzene rings is 1. The minimum absolute atomic E-state index is 0.430. The third kappa shape index (κ3) is 5.22. The number of nitriles is 1. The van der Waals surface area contributed by atoms with E-state index < -0.39 is 0 Å². The molecule has 1 aromatic carbocycles. The first-order valence-corrected chi connectivity index (χ1v) is 10.9. The molecule has 1 aliphatic rings. The molecule has 0 radical (unpaired) electrons. The molecule has 4 rings (SSSR count). The molecule has 0 saturated carbocycles. The number of hydrogen-bond donors (Lipinski definition) is 3. The van der Waals surface area contributed by atoms with Crippen LogP contribution in [0.2, 0.25) is 0 Å². The third-order valence-electron chi connectivity index (χ3n) is 5.64. The summed E-state index contributed by atoms with van der Waals surface area (Å²) in [5.74, 6) is 1.54. The average molecular weight is 416 g/mol. The Hall–Kier alpha value is -3.37. The third-order valence-corrected chi connectivity index (χ3v) is 5.64. The summed E-state index contributed by atoms with van der Waals surface area (Å²) in [5, 5.41) is 16.3. The first-order valence-electron chi connectivity index (χ1n) is 10.9. The van der Waals surface area contributed by atoms with Crippen molar-refractivity contribution in [2.45, 2.75) is 45.7 Å². The fraction of sp³-hybridized carbons (Fsp3) is 0.375. The van der Waals surface area contributed by atoms with Gasteiger partial charge in [-0.3, -0.25) is 0 Å². The molecular weight excluding hydrogens is 386 g/mol. The molecule has 0 amide bonds. The van der Waals surface area contributed by atoms with E-state index in [9.17, 15) is 5.26 Å². The predicted octanol–water partition coefficient (Wildman–Crippen LogP) is 4.05. The zero-order valence-corrected chi connectivity index (χ0v) is 18.2. The van der Waals surface area contributed by atoms with Gasteiger partial charge in [0.25, 0.3) is 0 Å². The van der Waals surface area contributed by atoms with E-state index in [1.54, 1.807) is 0 Å². The topological polar surface area (TPSA) is 92.7 Å². The Morgan fingerprint density at radius 2 is 2.16 bits per heavy atom. The van der Waals surface area contributed by atoms with Gasteiger partial charge in [0.1, 0.15) is 5.82 Å². The van der Waals surface area contributed by atoms with Gasteiger partial charge in [-0.1, -0.05) is 19.4 Å². The molecule has 3 N–H and O–H groups in total. The largest absolute Gasteiger partial charge is 0.364 e. The Kier molecular flexibility index (Phi) is 6.48.